The van der Waals surface area contributed by atoms with Gasteiger partial charge in [0.15, 0.2) is 5.65 Å². The van der Waals surface area contributed by atoms with Crippen molar-refractivity contribution in [3.8, 4) is 11.9 Å². The van der Waals surface area contributed by atoms with Crippen LogP contribution in [-0.4, -0.2) is 39.3 Å². The molecule has 0 saturated carbocycles. The lowest BCUT2D eigenvalue weighted by Gasteiger charge is -2.17. The first-order valence-corrected chi connectivity index (χ1v) is 8.21. The van der Waals surface area contributed by atoms with Crippen LogP contribution < -0.4 is 15.4 Å². The number of pyridine rings is 1. The van der Waals surface area contributed by atoms with Gasteiger partial charge in [0, 0.05) is 13.2 Å². The number of fused-ring (bicyclic) bond motifs is 1. The molecule has 3 aromatic rings. The molecule has 2 amide bonds. The molecule has 0 bridgehead atoms. The van der Waals surface area contributed by atoms with Gasteiger partial charge in [0.1, 0.15) is 11.6 Å². The van der Waals surface area contributed by atoms with E-state index in [0.717, 1.165) is 12.3 Å². The molecule has 0 unspecified atom stereocenters. The van der Waals surface area contributed by atoms with E-state index in [-0.39, 0.29) is 11.3 Å². The topological polar surface area (TPSA) is 126 Å². The fraction of sp³-hybridized carbons (Fsp3) is 0.235. The summed E-state index contributed by atoms with van der Waals surface area (Å²) in [5, 5.41) is 18.3. The summed E-state index contributed by atoms with van der Waals surface area (Å²) in [6.07, 6.45) is 3.70. The summed E-state index contributed by atoms with van der Waals surface area (Å²) in [4.78, 5) is 20.2. The van der Waals surface area contributed by atoms with Crippen molar-refractivity contribution >= 4 is 23.1 Å². The number of amides is 2. The van der Waals surface area contributed by atoms with Crippen molar-refractivity contribution in [2.75, 3.05) is 17.7 Å². The minimum Gasteiger partial charge on any atom is -0.415 e. The highest BCUT2D eigenvalue weighted by molar-refractivity contribution is 6.00. The van der Waals surface area contributed by atoms with E-state index >= 15 is 0 Å². The molecule has 0 spiro atoms. The lowest BCUT2D eigenvalue weighted by atomic mass is 10.2. The van der Waals surface area contributed by atoms with Crippen LogP contribution in [0.2, 0.25) is 0 Å². The summed E-state index contributed by atoms with van der Waals surface area (Å²) in [5.41, 5.74) is 1.34. The average molecular weight is 403 g/mol. The zero-order chi connectivity index (χ0) is 21.0. The van der Waals surface area contributed by atoms with Gasteiger partial charge in [-0.1, -0.05) is 0 Å². The number of nitrogens with zero attached hydrogens (tertiary/aromatic N) is 5. The van der Waals surface area contributed by atoms with Gasteiger partial charge >= 0.3 is 12.6 Å². The standard InChI is InChI=1S/C17H15F2N7O3/c1-9(28-2)14-12(8-21-13-3-4-23-26(13)14)25-17(27)24-11-5-10(6-20)15(22-7-11)29-16(18)19/h3-5,7-9,16H,1-2H3,(H2,24,25,27)/t9-/m0/s1. The summed E-state index contributed by atoms with van der Waals surface area (Å²) < 4.78 is 35.7. The van der Waals surface area contributed by atoms with Crippen molar-refractivity contribution < 1.29 is 23.0 Å². The Bertz CT molecular complexity index is 1080. The van der Waals surface area contributed by atoms with E-state index < -0.39 is 24.6 Å². The fourth-order valence-electron chi connectivity index (χ4n) is 2.55. The number of urea groups is 1. The predicted octanol–water partition coefficient (Wildman–Crippen LogP) is 2.95. The number of nitriles is 1. The number of alkyl halides is 2. The van der Waals surface area contributed by atoms with Crippen molar-refractivity contribution in [2.24, 2.45) is 0 Å². The molecule has 150 valence electrons. The first-order valence-electron chi connectivity index (χ1n) is 8.21. The normalized spacial score (nSPS) is 11.9. The second-order valence-electron chi connectivity index (χ2n) is 5.68. The molecule has 0 saturated heterocycles. The van der Waals surface area contributed by atoms with E-state index in [9.17, 15) is 13.6 Å². The van der Waals surface area contributed by atoms with E-state index in [2.05, 4.69) is 30.4 Å². The number of halogens is 2. The molecule has 2 N–H and O–H groups in total. The van der Waals surface area contributed by atoms with Gasteiger partial charge in [0.25, 0.3) is 0 Å². The average Bonchev–Trinajstić information content (AvgIpc) is 3.16. The molecule has 0 aliphatic heterocycles. The summed E-state index contributed by atoms with van der Waals surface area (Å²) >= 11 is 0. The largest absolute Gasteiger partial charge is 0.415 e. The Labute approximate surface area is 163 Å². The van der Waals surface area contributed by atoms with Crippen molar-refractivity contribution in [2.45, 2.75) is 19.6 Å². The van der Waals surface area contributed by atoms with Gasteiger partial charge in [0.2, 0.25) is 5.88 Å². The van der Waals surface area contributed by atoms with Crippen molar-refractivity contribution in [1.29, 1.82) is 5.26 Å². The van der Waals surface area contributed by atoms with Crippen LogP contribution in [0, 0.1) is 11.3 Å². The van der Waals surface area contributed by atoms with E-state index in [4.69, 9.17) is 10.00 Å². The Kier molecular flexibility index (Phi) is 5.79. The lowest BCUT2D eigenvalue weighted by molar-refractivity contribution is -0.0530. The molecule has 3 heterocycles. The number of methoxy groups -OCH3 is 1. The Morgan fingerprint density at radius 2 is 2.10 bits per heavy atom. The highest BCUT2D eigenvalue weighted by Crippen LogP contribution is 2.25. The number of anilines is 2. The molecule has 0 aliphatic carbocycles. The van der Waals surface area contributed by atoms with Gasteiger partial charge in [0.05, 0.1) is 41.8 Å². The molecular formula is C17H15F2N7O3. The predicted molar refractivity (Wildman–Crippen MR) is 96.6 cm³/mol. The molecule has 3 aromatic heterocycles. The highest BCUT2D eigenvalue weighted by atomic mass is 19.3. The molecule has 10 nitrogen and oxygen atoms in total. The molecular weight excluding hydrogens is 388 g/mol. The van der Waals surface area contributed by atoms with E-state index in [1.807, 2.05) is 0 Å². The molecule has 29 heavy (non-hydrogen) atoms. The third-order valence-corrected chi connectivity index (χ3v) is 3.87. The second kappa shape index (κ2) is 8.44. The fourth-order valence-corrected chi connectivity index (χ4v) is 2.55. The van der Waals surface area contributed by atoms with Crippen molar-refractivity contribution in [3.63, 3.8) is 0 Å². The molecule has 3 rings (SSSR count). The Morgan fingerprint density at radius 1 is 1.31 bits per heavy atom. The maximum absolute atomic E-state index is 12.4. The molecule has 0 aromatic carbocycles. The van der Waals surface area contributed by atoms with Crippen LogP contribution in [-0.2, 0) is 4.74 Å². The number of carbonyl (C=O) groups excluding carboxylic acids is 1. The van der Waals surface area contributed by atoms with Crippen molar-refractivity contribution in [3.05, 3.63) is 42.0 Å². The molecule has 0 aliphatic rings. The van der Waals surface area contributed by atoms with E-state index in [0.29, 0.717) is 17.0 Å². The summed E-state index contributed by atoms with van der Waals surface area (Å²) in [6.45, 7) is -1.34. The monoisotopic (exact) mass is 403 g/mol. The minimum atomic E-state index is -3.12. The Balaban J connectivity index is 1.82. The van der Waals surface area contributed by atoms with Crippen LogP contribution in [0.15, 0.2) is 30.7 Å². The number of aromatic nitrogens is 4. The summed E-state index contributed by atoms with van der Waals surface area (Å²) in [7, 11) is 1.52. The number of hydrogen-bond donors (Lipinski definition) is 2. The Hall–Kier alpha value is -3.85. The number of hydrogen-bond acceptors (Lipinski definition) is 7. The van der Waals surface area contributed by atoms with Gasteiger partial charge in [-0.25, -0.2) is 19.3 Å². The number of ether oxygens (including phenoxy) is 2. The maximum Gasteiger partial charge on any atom is 0.388 e. The van der Waals surface area contributed by atoms with Crippen LogP contribution >= 0.6 is 0 Å². The highest BCUT2D eigenvalue weighted by Gasteiger charge is 2.18. The Morgan fingerprint density at radius 3 is 2.79 bits per heavy atom. The number of carbonyl (C=O) groups is 1. The van der Waals surface area contributed by atoms with Crippen LogP contribution in [0.1, 0.15) is 24.3 Å². The third-order valence-electron chi connectivity index (χ3n) is 3.87. The van der Waals surface area contributed by atoms with Gasteiger partial charge in [-0.15, -0.1) is 0 Å². The first kappa shape index (κ1) is 19.9. The maximum atomic E-state index is 12.4. The lowest BCUT2D eigenvalue weighted by Crippen LogP contribution is -2.22. The van der Waals surface area contributed by atoms with Gasteiger partial charge in [-0.3, -0.25) is 0 Å². The van der Waals surface area contributed by atoms with Crippen LogP contribution in [0.4, 0.5) is 25.0 Å². The van der Waals surface area contributed by atoms with Gasteiger partial charge in [-0.05, 0) is 13.0 Å². The zero-order valence-electron chi connectivity index (χ0n) is 15.3. The second-order valence-corrected chi connectivity index (χ2v) is 5.68. The summed E-state index contributed by atoms with van der Waals surface area (Å²) in [6, 6.07) is 3.88. The first-order chi connectivity index (χ1) is 13.9. The van der Waals surface area contributed by atoms with Crippen LogP contribution in [0.3, 0.4) is 0 Å². The molecule has 1 atom stereocenters. The summed E-state index contributed by atoms with van der Waals surface area (Å²) in [5.74, 6) is -0.530. The SMILES string of the molecule is CO[C@@H](C)c1c(NC(=O)Nc2cnc(OC(F)F)c(C#N)c2)cnc2ccnn12. The minimum absolute atomic E-state index is 0.107. The number of rotatable bonds is 6. The van der Waals surface area contributed by atoms with E-state index in [1.54, 1.807) is 25.3 Å². The molecule has 12 heteroatoms. The van der Waals surface area contributed by atoms with Gasteiger partial charge < -0.3 is 20.1 Å². The smallest absolute Gasteiger partial charge is 0.388 e. The van der Waals surface area contributed by atoms with Crippen LogP contribution in [0.25, 0.3) is 5.65 Å². The zero-order valence-corrected chi connectivity index (χ0v) is 15.3. The quantitative estimate of drug-likeness (QED) is 0.648. The molecule has 0 radical (unpaired) electrons. The number of nitrogens with one attached hydrogen (secondary N) is 2. The van der Waals surface area contributed by atoms with E-state index in [1.165, 1.54) is 17.8 Å². The van der Waals surface area contributed by atoms with Crippen molar-refractivity contribution in [1.82, 2.24) is 19.6 Å². The third kappa shape index (κ3) is 4.36. The van der Waals surface area contributed by atoms with Crippen LogP contribution in [0.5, 0.6) is 5.88 Å². The van der Waals surface area contributed by atoms with Gasteiger partial charge in [-0.2, -0.15) is 19.1 Å². The molecule has 0 fully saturated rings.